The van der Waals surface area contributed by atoms with Crippen molar-refractivity contribution >= 4 is 40.8 Å². The van der Waals surface area contributed by atoms with Gasteiger partial charge in [0, 0.05) is 23.8 Å². The predicted molar refractivity (Wildman–Crippen MR) is 140 cm³/mol. The summed E-state index contributed by atoms with van der Waals surface area (Å²) in [6.07, 6.45) is -1.62. The van der Waals surface area contributed by atoms with Crippen LogP contribution in [0.2, 0.25) is 5.02 Å². The number of carbonyl (C=O) groups is 4. The van der Waals surface area contributed by atoms with Crippen LogP contribution in [0.5, 0.6) is 0 Å². The minimum absolute atomic E-state index is 0.0152. The molecule has 218 valence electrons. The maximum absolute atomic E-state index is 14.0. The second-order valence-corrected chi connectivity index (χ2v) is 11.1. The number of fused-ring (bicyclic) bond motifs is 3. The summed E-state index contributed by atoms with van der Waals surface area (Å²) >= 11 is 6.16. The summed E-state index contributed by atoms with van der Waals surface area (Å²) in [6, 6.07) is 4.84. The number of carbonyl (C=O) groups excluding carboxylic acids is 4. The van der Waals surface area contributed by atoms with Gasteiger partial charge < -0.3 is 9.52 Å². The molecule has 2 amide bonds. The Morgan fingerprint density at radius 2 is 1.86 bits per heavy atom. The molecule has 3 aliphatic carbocycles. The molecule has 1 saturated heterocycles. The average Bonchev–Trinajstić information content (AvgIpc) is 3.52. The number of nitrogens with zero attached hydrogens (tertiary/aromatic N) is 3. The second-order valence-electron chi connectivity index (χ2n) is 10.7. The molecule has 0 aromatic carbocycles. The summed E-state index contributed by atoms with van der Waals surface area (Å²) in [5.74, 6) is -5.25. The van der Waals surface area contributed by atoms with Crippen LogP contribution >= 0.6 is 11.6 Å². The zero-order valence-corrected chi connectivity index (χ0v) is 23.0. The predicted octanol–water partition coefficient (Wildman–Crippen LogP) is 4.32. The molecule has 2 aromatic rings. The number of aliphatic hydroxyl groups excluding tert-OH is 1. The van der Waals surface area contributed by atoms with E-state index in [1.807, 2.05) is 0 Å². The standard InChI is InChI=1S/C29H23ClF3N3O6/c1-12-9-19(38)23-17(25(12)39)10-16-14(24(23)20-7-3-13(11-37)42-20)4-5-15-22(16)28(41)36(27(15)40)35(2)26-18(30)6-8-21(34-26)29(31,32)33/h3-4,6-9,15-16,22,24,37H,5,10-11H2,1-2H3. The normalized spacial score (nSPS) is 25.7. The first kappa shape index (κ1) is 28.1. The molecule has 2 aromatic heterocycles. The van der Waals surface area contributed by atoms with Gasteiger partial charge in [-0.25, -0.2) is 4.98 Å². The number of furan rings is 1. The Morgan fingerprint density at radius 3 is 2.52 bits per heavy atom. The van der Waals surface area contributed by atoms with Gasteiger partial charge in [0.25, 0.3) is 11.8 Å². The first-order valence-corrected chi connectivity index (χ1v) is 13.5. The summed E-state index contributed by atoms with van der Waals surface area (Å²) in [5.41, 5.74) is 0.0888. The summed E-state index contributed by atoms with van der Waals surface area (Å²) in [4.78, 5) is 57.8. The number of ketones is 2. The molecule has 4 unspecified atom stereocenters. The van der Waals surface area contributed by atoms with Gasteiger partial charge in [-0.1, -0.05) is 23.3 Å². The van der Waals surface area contributed by atoms with Crippen LogP contribution in [-0.2, 0) is 32.0 Å². The number of imide groups is 1. The lowest BCUT2D eigenvalue weighted by atomic mass is 9.60. The smallest absolute Gasteiger partial charge is 0.433 e. The van der Waals surface area contributed by atoms with E-state index in [0.29, 0.717) is 17.4 Å². The number of anilines is 1. The van der Waals surface area contributed by atoms with Crippen LogP contribution in [0.3, 0.4) is 0 Å². The monoisotopic (exact) mass is 601 g/mol. The van der Waals surface area contributed by atoms with E-state index in [1.165, 1.54) is 20.0 Å². The molecule has 6 rings (SSSR count). The Hall–Kier alpha value is -4.03. The second kappa shape index (κ2) is 9.77. The fourth-order valence-electron chi connectivity index (χ4n) is 6.53. The number of pyridine rings is 1. The van der Waals surface area contributed by atoms with Crippen molar-refractivity contribution in [3.8, 4) is 0 Å². The van der Waals surface area contributed by atoms with Crippen LogP contribution in [-0.4, -0.2) is 45.5 Å². The maximum atomic E-state index is 14.0. The molecule has 3 heterocycles. The van der Waals surface area contributed by atoms with E-state index in [0.717, 1.165) is 16.1 Å². The van der Waals surface area contributed by atoms with E-state index in [9.17, 15) is 37.5 Å². The molecule has 0 radical (unpaired) electrons. The third-order valence-corrected chi connectivity index (χ3v) is 8.68. The van der Waals surface area contributed by atoms with Crippen LogP contribution < -0.4 is 5.01 Å². The molecule has 1 N–H and O–H groups in total. The first-order valence-electron chi connectivity index (χ1n) is 13.1. The van der Waals surface area contributed by atoms with E-state index >= 15 is 0 Å². The van der Waals surface area contributed by atoms with Crippen molar-refractivity contribution in [3.05, 3.63) is 80.9 Å². The van der Waals surface area contributed by atoms with E-state index in [4.69, 9.17) is 16.0 Å². The maximum Gasteiger partial charge on any atom is 0.433 e. The van der Waals surface area contributed by atoms with Crippen LogP contribution in [0.1, 0.15) is 42.9 Å². The van der Waals surface area contributed by atoms with Crippen molar-refractivity contribution in [2.45, 2.75) is 38.5 Å². The number of allylic oxidation sites excluding steroid dienone is 6. The summed E-state index contributed by atoms with van der Waals surface area (Å²) < 4.78 is 46.0. The highest BCUT2D eigenvalue weighted by Gasteiger charge is 2.58. The molecular formula is C29H23ClF3N3O6. The Kier molecular flexibility index (Phi) is 6.54. The largest absolute Gasteiger partial charge is 0.463 e. The first-order chi connectivity index (χ1) is 19.8. The summed E-state index contributed by atoms with van der Waals surface area (Å²) in [5, 5.41) is 11.1. The van der Waals surface area contributed by atoms with Crippen molar-refractivity contribution in [3.63, 3.8) is 0 Å². The number of aromatic nitrogens is 1. The molecule has 42 heavy (non-hydrogen) atoms. The molecule has 13 heteroatoms. The Morgan fingerprint density at radius 1 is 1.12 bits per heavy atom. The minimum atomic E-state index is -4.78. The fraction of sp³-hybridized carbons (Fsp3) is 0.345. The van der Waals surface area contributed by atoms with Crippen molar-refractivity contribution in [1.82, 2.24) is 9.99 Å². The molecule has 4 aliphatic rings. The summed E-state index contributed by atoms with van der Waals surface area (Å²) in [7, 11) is 1.23. The van der Waals surface area contributed by atoms with Gasteiger partial charge >= 0.3 is 6.18 Å². The number of hydrazine groups is 1. The number of hydrogen-bond acceptors (Lipinski definition) is 8. The van der Waals surface area contributed by atoms with E-state index in [-0.39, 0.29) is 51.9 Å². The SMILES string of the molecule is CC1=CC(=O)C2=C(CC3C(=CCC4C(=O)N(N(C)c5nc(C(F)(F)F)ccc5Cl)C(=O)C43)C2c2ccc(CO)o2)C1=O. The van der Waals surface area contributed by atoms with Gasteiger partial charge in [0.1, 0.15) is 23.8 Å². The lowest BCUT2D eigenvalue weighted by Crippen LogP contribution is -2.46. The molecule has 4 atom stereocenters. The fourth-order valence-corrected chi connectivity index (χ4v) is 6.76. The molecule has 1 aliphatic heterocycles. The average molecular weight is 602 g/mol. The van der Waals surface area contributed by atoms with Crippen LogP contribution in [0.25, 0.3) is 0 Å². The number of hydrogen-bond donors (Lipinski definition) is 1. The molecule has 1 fully saturated rings. The van der Waals surface area contributed by atoms with Gasteiger partial charge in [-0.15, -0.1) is 0 Å². The highest BCUT2D eigenvalue weighted by molar-refractivity contribution is 6.33. The van der Waals surface area contributed by atoms with Gasteiger partial charge in [0.15, 0.2) is 17.4 Å². The minimum Gasteiger partial charge on any atom is -0.463 e. The van der Waals surface area contributed by atoms with Crippen LogP contribution in [0.4, 0.5) is 19.0 Å². The summed E-state index contributed by atoms with van der Waals surface area (Å²) in [6.45, 7) is 1.13. The lowest BCUT2D eigenvalue weighted by molar-refractivity contribution is -0.141. The Balaban J connectivity index is 1.42. The Bertz CT molecular complexity index is 1670. The third kappa shape index (κ3) is 4.15. The number of halogens is 4. The topological polar surface area (TPSA) is 121 Å². The van der Waals surface area contributed by atoms with E-state index in [1.54, 1.807) is 18.2 Å². The van der Waals surface area contributed by atoms with E-state index < -0.39 is 59.8 Å². The Labute approximate surface area is 241 Å². The van der Waals surface area contributed by atoms with Crippen molar-refractivity contribution in [2.24, 2.45) is 17.8 Å². The zero-order valence-electron chi connectivity index (χ0n) is 22.2. The highest BCUT2D eigenvalue weighted by atomic mass is 35.5. The number of aliphatic hydroxyl groups is 1. The van der Waals surface area contributed by atoms with E-state index in [2.05, 4.69) is 4.98 Å². The highest BCUT2D eigenvalue weighted by Crippen LogP contribution is 2.55. The van der Waals surface area contributed by atoms with Crippen LogP contribution in [0, 0.1) is 17.8 Å². The quantitative estimate of drug-likeness (QED) is 0.313. The van der Waals surface area contributed by atoms with Gasteiger partial charge in [0.2, 0.25) is 0 Å². The van der Waals surface area contributed by atoms with Crippen molar-refractivity contribution in [2.75, 3.05) is 12.1 Å². The van der Waals surface area contributed by atoms with Gasteiger partial charge in [-0.3, -0.25) is 24.2 Å². The van der Waals surface area contributed by atoms with Crippen LogP contribution in [0.15, 0.2) is 63.1 Å². The van der Waals surface area contributed by atoms with Gasteiger partial charge in [-0.05, 0) is 56.0 Å². The molecule has 9 nitrogen and oxygen atoms in total. The lowest BCUT2D eigenvalue weighted by Gasteiger charge is -2.41. The molecule has 0 saturated carbocycles. The number of alkyl halides is 3. The number of rotatable bonds is 4. The third-order valence-electron chi connectivity index (χ3n) is 8.39. The molecule has 0 spiro atoms. The van der Waals surface area contributed by atoms with Crippen molar-refractivity contribution in [1.29, 1.82) is 0 Å². The molecule has 0 bridgehead atoms. The number of amides is 2. The zero-order chi connectivity index (χ0) is 30.2. The van der Waals surface area contributed by atoms with Crippen molar-refractivity contribution < 1.29 is 41.9 Å². The van der Waals surface area contributed by atoms with Gasteiger partial charge in [0.05, 0.1) is 22.8 Å². The van der Waals surface area contributed by atoms with Gasteiger partial charge in [-0.2, -0.15) is 18.2 Å². The number of Topliss-reactive ketones (excluding diaryl/α,β-unsaturated/α-hetero) is 1. The molecular weight excluding hydrogens is 579 g/mol.